The van der Waals surface area contributed by atoms with E-state index in [-0.39, 0.29) is 82.2 Å². The Hall–Kier alpha value is -8.19. The molecule has 0 radical (unpaired) electrons. The van der Waals surface area contributed by atoms with Gasteiger partial charge in [0.15, 0.2) is 5.78 Å². The van der Waals surface area contributed by atoms with Gasteiger partial charge in [0, 0.05) is 69.0 Å². The Morgan fingerprint density at radius 1 is 0.783 bits per heavy atom. The Morgan fingerprint density at radius 2 is 1.40 bits per heavy atom. The number of aromatic nitrogens is 1. The molecule has 7 atom stereocenters. The Kier molecular flexibility index (Phi) is 28.5. The summed E-state index contributed by atoms with van der Waals surface area (Å²) in [7, 11) is -5.60. The zero-order chi connectivity index (χ0) is 77.6. The van der Waals surface area contributed by atoms with E-state index in [2.05, 4.69) is 15.6 Å². The van der Waals surface area contributed by atoms with Gasteiger partial charge in [-0.05, 0) is 157 Å². The van der Waals surface area contributed by atoms with E-state index in [0.717, 1.165) is 81.8 Å². The number of rotatable bonds is 35. The van der Waals surface area contributed by atoms with Gasteiger partial charge in [0.05, 0.1) is 57.5 Å². The number of halogens is 2. The summed E-state index contributed by atoms with van der Waals surface area (Å²) in [5.74, 6) is -5.80. The maximum absolute atomic E-state index is 16.3. The number of unbranched alkanes of at least 4 members (excludes halogenated alkanes) is 3. The number of nitrogens with one attached hydrogen (secondary N) is 2. The summed E-state index contributed by atoms with van der Waals surface area (Å²) >= 11 is 1.56. The highest BCUT2D eigenvalue weighted by atomic mass is 32.1. The normalized spacial score (nSPS) is 18.0. The highest BCUT2D eigenvalue weighted by Crippen LogP contribution is 2.67. The molecule has 5 aromatic rings. The van der Waals surface area contributed by atoms with Gasteiger partial charge in [0.25, 0.3) is 0 Å². The molecule has 0 bridgehead atoms. The van der Waals surface area contributed by atoms with Crippen LogP contribution in [0.2, 0.25) is 0 Å². The minimum atomic E-state index is -5.60. The van der Waals surface area contributed by atoms with Crippen molar-refractivity contribution in [2.45, 2.75) is 222 Å². The molecule has 3 aliphatic rings. The first-order valence-electron chi connectivity index (χ1n) is 36.3. The predicted molar refractivity (Wildman–Crippen MR) is 398 cm³/mol. The molecular weight excluding hydrogens is 1400 g/mol. The summed E-state index contributed by atoms with van der Waals surface area (Å²) < 4.78 is 72.8. The number of para-hydroxylation sites is 1. The first-order valence-corrected chi connectivity index (χ1v) is 38.7. The van der Waals surface area contributed by atoms with Crippen LogP contribution in [0.4, 0.5) is 14.5 Å². The number of nitrogens with zero attached hydrogens (tertiary/aromatic N) is 3. The average Bonchev–Trinajstić information content (AvgIpc) is 1.56. The Labute approximate surface area is 624 Å². The number of allylic oxidation sites excluding steroid dienone is 2. The van der Waals surface area contributed by atoms with Gasteiger partial charge in [-0.2, -0.15) is 8.78 Å². The van der Waals surface area contributed by atoms with Crippen molar-refractivity contribution in [1.29, 1.82) is 0 Å². The van der Waals surface area contributed by atoms with Gasteiger partial charge in [-0.3, -0.25) is 61.7 Å². The molecule has 4 aromatic carbocycles. The number of thiazole rings is 1. The van der Waals surface area contributed by atoms with Crippen molar-refractivity contribution < 1.29 is 84.9 Å². The number of ketones is 2. The number of likely N-dealkylation sites (tertiary alicyclic amines) is 1. The molecule has 1 aromatic heterocycles. The van der Waals surface area contributed by atoms with Gasteiger partial charge in [-0.25, -0.2) is 4.98 Å². The van der Waals surface area contributed by atoms with Crippen molar-refractivity contribution >= 4 is 83.2 Å². The molecule has 8 rings (SSSR count). The molecule has 5 amide bonds. The number of Topliss-reactive ketones (excluding diaryl/α,β-unsaturated/α-hetero) is 1. The molecule has 3 aliphatic heterocycles. The van der Waals surface area contributed by atoms with Crippen molar-refractivity contribution in [3.05, 3.63) is 147 Å². The lowest BCUT2D eigenvalue weighted by molar-refractivity contribution is -0.163. The molecule has 0 unspecified atom stereocenters. The molecule has 4 heterocycles. The van der Waals surface area contributed by atoms with Crippen molar-refractivity contribution in [3.8, 4) is 10.4 Å². The van der Waals surface area contributed by atoms with Crippen LogP contribution in [0, 0.1) is 35.0 Å². The first kappa shape index (κ1) is 83.4. The highest BCUT2D eigenvalue weighted by Gasteiger charge is 2.56. The number of aryl methyl sites for hydroxylation is 3. The summed E-state index contributed by atoms with van der Waals surface area (Å²) in [6, 6.07) is 23.4. The lowest BCUT2D eigenvalue weighted by atomic mass is 9.76. The molecule has 106 heavy (non-hydrogen) atoms. The second-order valence-corrected chi connectivity index (χ2v) is 34.1. The Balaban J connectivity index is 0.803. The average molecular weight is 1510 g/mol. The topological polar surface area (TPSA) is 307 Å². The number of hydrogen-bond donors (Lipinski definition) is 4. The maximum atomic E-state index is 16.3. The standard InChI is InChI=1S/C80H103F2N6O16PS/c1-49(55-32-34-60(35-33-55)80(81,82)105(99,103-47-101-75(97)78(7,8)9)104-48-102-76(98)79(10,11)12)38-62(90)39-59-31-30-56-19-17-20-58-40-67(88(69(56)58)73(59)95)72(94)86-65(36-37-68(83)92)51(3)100-45-54-24-22-52(23-25-54)18-15-13-14-16-21-61(89)41-64(77(4,5)6)74(96)87-44-63(91)42-66(87)71(93)84-43-53-26-28-57(29-27-53)70-50(2)85-46-106-70/h17,19-20,22-29,32-35,38,46,51,59,63-67,91H,13-16,18,21,30-31,36-37,39-45,47-48H2,1-12H3,(H2,83,92)(H,84,93)(H,86,94)/b49-38+/t51-,59-,63-,64-,65+,66+,67+/m1/s1. The number of anilines is 1. The van der Waals surface area contributed by atoms with Gasteiger partial charge in [0.2, 0.25) is 43.1 Å². The van der Waals surface area contributed by atoms with Crippen LogP contribution in [0.15, 0.2) is 103 Å². The largest absolute Gasteiger partial charge is 0.438 e. The van der Waals surface area contributed by atoms with Crippen LogP contribution in [0.1, 0.15) is 191 Å². The fourth-order valence-electron chi connectivity index (χ4n) is 13.1. The number of amides is 5. The maximum Gasteiger partial charge on any atom is 0.410 e. The minimum absolute atomic E-state index is 0.0179. The number of carbonyl (C=O) groups excluding carboxylic acids is 9. The fourth-order valence-corrected chi connectivity index (χ4v) is 15.2. The third kappa shape index (κ3) is 22.0. The van der Waals surface area contributed by atoms with E-state index >= 15 is 8.78 Å². The molecule has 22 nitrogen and oxygen atoms in total. The van der Waals surface area contributed by atoms with Crippen LogP contribution < -0.4 is 21.3 Å². The zero-order valence-electron chi connectivity index (χ0n) is 62.9. The number of esters is 2. The van der Waals surface area contributed by atoms with E-state index in [1.807, 2.05) is 99.9 Å². The number of hydrogen-bond acceptors (Lipinski definition) is 18. The zero-order valence-corrected chi connectivity index (χ0v) is 64.6. The first-order chi connectivity index (χ1) is 49.8. The predicted octanol–water partition coefficient (Wildman–Crippen LogP) is 13.1. The van der Waals surface area contributed by atoms with Crippen molar-refractivity contribution in [2.24, 2.45) is 33.8 Å². The van der Waals surface area contributed by atoms with Crippen LogP contribution in [0.5, 0.6) is 0 Å². The Morgan fingerprint density at radius 3 is 2.00 bits per heavy atom. The molecule has 5 N–H and O–H groups in total. The number of primary amides is 1. The molecule has 26 heteroatoms. The number of alkyl halides is 2. The van der Waals surface area contributed by atoms with Crippen molar-refractivity contribution in [2.75, 3.05) is 25.0 Å². The molecule has 0 spiro atoms. The molecule has 1 saturated heterocycles. The van der Waals surface area contributed by atoms with Crippen molar-refractivity contribution in [3.63, 3.8) is 0 Å². The number of β-amino-alcohol motifs (C(OH)–C–C–N with tert-alkyl or cyclic N) is 1. The van der Waals surface area contributed by atoms with E-state index in [1.165, 1.54) is 69.6 Å². The number of carbonyl (C=O) groups is 9. The van der Waals surface area contributed by atoms with Gasteiger partial charge in [0.1, 0.15) is 17.9 Å². The van der Waals surface area contributed by atoms with Gasteiger partial charge in [-0.15, -0.1) is 11.3 Å². The van der Waals surface area contributed by atoms with Crippen LogP contribution >= 0.6 is 18.9 Å². The van der Waals surface area contributed by atoms with E-state index in [9.17, 15) is 52.8 Å². The van der Waals surface area contributed by atoms with E-state index < -0.39 is 126 Å². The molecule has 1 fully saturated rings. The SMILES string of the molecule is C/C(=C\C(=O)C[C@H]1CCc2cccc3c2N(C1=O)[C@H](C(=O)N[C@@H](CCC(N)=O)[C@@H](C)OCc1ccc(CCCCCCC(=O)C[C@H](C(=O)N2C[C@H](O)C[C@H]2C(=O)NCc2ccc(-c4scnc4C)cc2)C(C)(C)C)cc1)C3)c1ccc(C(F)(F)P(=O)(OCOC(=O)C(C)(C)C)OCOC(=O)C(C)(C)C)cc1. The second-order valence-electron chi connectivity index (χ2n) is 31.2. The lowest BCUT2D eigenvalue weighted by Crippen LogP contribution is -2.54. The monoisotopic (exact) mass is 1500 g/mol. The van der Waals surface area contributed by atoms with Crippen LogP contribution in [0.25, 0.3) is 16.0 Å². The van der Waals surface area contributed by atoms with E-state index in [1.54, 1.807) is 25.2 Å². The minimum Gasteiger partial charge on any atom is -0.438 e. The number of nitrogens with two attached hydrogens (primary N) is 1. The molecule has 0 saturated carbocycles. The lowest BCUT2D eigenvalue weighted by Gasteiger charge is -2.34. The number of ether oxygens (including phenoxy) is 3. The summed E-state index contributed by atoms with van der Waals surface area (Å²) in [5, 5.41) is 16.8. The third-order valence-corrected chi connectivity index (χ3v) is 22.4. The highest BCUT2D eigenvalue weighted by molar-refractivity contribution is 7.54. The van der Waals surface area contributed by atoms with Gasteiger partial charge < -0.3 is 40.6 Å². The third-order valence-electron chi connectivity index (χ3n) is 19.6. The summed E-state index contributed by atoms with van der Waals surface area (Å²) in [6.07, 6.45) is 5.11. The molecule has 0 aliphatic carbocycles. The number of aliphatic hydroxyl groups excluding tert-OH is 1. The summed E-state index contributed by atoms with van der Waals surface area (Å²) in [4.78, 5) is 130. The van der Waals surface area contributed by atoms with E-state index in [4.69, 9.17) is 29.0 Å². The summed E-state index contributed by atoms with van der Waals surface area (Å²) in [6.45, 7) is 18.3. The van der Waals surface area contributed by atoms with E-state index in [0.29, 0.717) is 36.1 Å². The van der Waals surface area contributed by atoms with Crippen LogP contribution in [-0.4, -0.2) is 118 Å². The number of aliphatic hydroxyl groups is 1. The number of benzene rings is 4. The fraction of sp³-hybridized carbons (Fsp3) is 0.525. The Bertz CT molecular complexity index is 4010. The van der Waals surface area contributed by atoms with Gasteiger partial charge >= 0.3 is 25.2 Å². The van der Waals surface area contributed by atoms with Crippen molar-refractivity contribution in [1.82, 2.24) is 20.5 Å². The second kappa shape index (κ2) is 36.1. The van der Waals surface area contributed by atoms with Gasteiger partial charge in [-0.1, -0.05) is 125 Å². The molecular formula is C80H103F2N6O16PS. The quantitative estimate of drug-likeness (QED) is 0.00963. The molecule has 574 valence electrons. The smallest absolute Gasteiger partial charge is 0.410 e. The van der Waals surface area contributed by atoms with Crippen LogP contribution in [0.3, 0.4) is 0 Å². The summed E-state index contributed by atoms with van der Waals surface area (Å²) in [5.41, 5.74) is 7.33. The van der Waals surface area contributed by atoms with Crippen LogP contribution in [-0.2, 0) is 109 Å².